The highest BCUT2D eigenvalue weighted by molar-refractivity contribution is 5.81. The molecule has 0 unspecified atom stereocenters. The Bertz CT molecular complexity index is 760. The van der Waals surface area contributed by atoms with Crippen molar-refractivity contribution >= 4 is 28.4 Å². The van der Waals surface area contributed by atoms with E-state index in [9.17, 15) is 0 Å². The molecule has 0 radical (unpaired) electrons. The van der Waals surface area contributed by atoms with Gasteiger partial charge in [0.1, 0.15) is 0 Å². The molecule has 0 atom stereocenters. The molecular weight excluding hydrogens is 248 g/mol. The number of rotatable bonds is 2. The van der Waals surface area contributed by atoms with E-state index in [-0.39, 0.29) is 0 Å². The fourth-order valence-corrected chi connectivity index (χ4v) is 2.24. The van der Waals surface area contributed by atoms with Crippen molar-refractivity contribution in [2.24, 2.45) is 0 Å². The minimum absolute atomic E-state index is 0.409. The summed E-state index contributed by atoms with van der Waals surface area (Å²) in [5.74, 6) is 1.01. The third-order valence-corrected chi connectivity index (χ3v) is 3.32. The SMILES string of the molecule is Cc1cccc(C)c1Nc1nc2ccccc2nc1N. The van der Waals surface area contributed by atoms with Crippen molar-refractivity contribution in [3.8, 4) is 0 Å². The van der Waals surface area contributed by atoms with E-state index < -0.39 is 0 Å². The largest absolute Gasteiger partial charge is 0.381 e. The van der Waals surface area contributed by atoms with Gasteiger partial charge in [-0.3, -0.25) is 0 Å². The van der Waals surface area contributed by atoms with Crippen molar-refractivity contribution < 1.29 is 0 Å². The lowest BCUT2D eigenvalue weighted by Crippen LogP contribution is -2.04. The molecule has 2 aromatic carbocycles. The molecule has 0 fully saturated rings. The monoisotopic (exact) mass is 264 g/mol. The maximum Gasteiger partial charge on any atom is 0.174 e. The van der Waals surface area contributed by atoms with Crippen LogP contribution in [0, 0.1) is 13.8 Å². The van der Waals surface area contributed by atoms with Gasteiger partial charge < -0.3 is 11.1 Å². The zero-order valence-electron chi connectivity index (χ0n) is 11.5. The molecule has 0 amide bonds. The minimum atomic E-state index is 0.409. The first-order chi connectivity index (χ1) is 9.65. The van der Waals surface area contributed by atoms with Crippen molar-refractivity contribution in [3.05, 3.63) is 53.6 Å². The fraction of sp³-hybridized carbons (Fsp3) is 0.125. The van der Waals surface area contributed by atoms with Crippen LogP contribution >= 0.6 is 0 Å². The first-order valence-electron chi connectivity index (χ1n) is 6.50. The highest BCUT2D eigenvalue weighted by atomic mass is 15.1. The number of benzene rings is 2. The number of nitrogens with zero attached hydrogens (tertiary/aromatic N) is 2. The second-order valence-electron chi connectivity index (χ2n) is 4.84. The normalized spacial score (nSPS) is 10.7. The number of aryl methyl sites for hydroxylation is 2. The summed E-state index contributed by atoms with van der Waals surface area (Å²) >= 11 is 0. The minimum Gasteiger partial charge on any atom is -0.381 e. The Morgan fingerprint density at radius 2 is 1.45 bits per heavy atom. The van der Waals surface area contributed by atoms with E-state index in [0.717, 1.165) is 27.8 Å². The third-order valence-electron chi connectivity index (χ3n) is 3.32. The standard InChI is InChI=1S/C16H16N4/c1-10-6-5-7-11(2)14(10)20-16-15(17)18-12-8-3-4-9-13(12)19-16/h3-9H,1-2H3,(H2,17,18)(H,19,20). The number of para-hydroxylation sites is 3. The van der Waals surface area contributed by atoms with Gasteiger partial charge in [-0.05, 0) is 37.1 Å². The van der Waals surface area contributed by atoms with Gasteiger partial charge in [-0.2, -0.15) is 0 Å². The molecule has 0 spiro atoms. The number of hydrogen-bond donors (Lipinski definition) is 2. The third kappa shape index (κ3) is 2.16. The summed E-state index contributed by atoms with van der Waals surface area (Å²) in [6.07, 6.45) is 0. The molecule has 3 N–H and O–H groups in total. The zero-order valence-corrected chi connectivity index (χ0v) is 11.5. The van der Waals surface area contributed by atoms with Gasteiger partial charge in [-0.15, -0.1) is 0 Å². The van der Waals surface area contributed by atoms with Gasteiger partial charge in [0.15, 0.2) is 11.6 Å². The Kier molecular flexibility index (Phi) is 2.99. The Morgan fingerprint density at radius 3 is 2.10 bits per heavy atom. The molecule has 0 aliphatic carbocycles. The summed E-state index contributed by atoms with van der Waals surface area (Å²) in [6, 6.07) is 13.8. The van der Waals surface area contributed by atoms with E-state index in [1.54, 1.807) is 0 Å². The molecule has 0 saturated carbocycles. The molecule has 4 heteroatoms. The Labute approximate surface area is 117 Å². The predicted molar refractivity (Wildman–Crippen MR) is 83.1 cm³/mol. The van der Waals surface area contributed by atoms with Gasteiger partial charge in [-0.25, -0.2) is 9.97 Å². The quantitative estimate of drug-likeness (QED) is 0.742. The highest BCUT2D eigenvalue weighted by Gasteiger charge is 2.08. The van der Waals surface area contributed by atoms with Crippen LogP contribution in [-0.4, -0.2) is 9.97 Å². The van der Waals surface area contributed by atoms with E-state index >= 15 is 0 Å². The van der Waals surface area contributed by atoms with Gasteiger partial charge in [0, 0.05) is 5.69 Å². The van der Waals surface area contributed by atoms with E-state index in [2.05, 4.69) is 41.3 Å². The Balaban J connectivity index is 2.09. The van der Waals surface area contributed by atoms with Crippen molar-refractivity contribution in [2.75, 3.05) is 11.1 Å². The average Bonchev–Trinajstić information content (AvgIpc) is 2.43. The van der Waals surface area contributed by atoms with E-state index in [1.807, 2.05) is 30.3 Å². The summed E-state index contributed by atoms with van der Waals surface area (Å²) < 4.78 is 0. The topological polar surface area (TPSA) is 63.8 Å². The average molecular weight is 264 g/mol. The molecule has 20 heavy (non-hydrogen) atoms. The van der Waals surface area contributed by atoms with Crippen molar-refractivity contribution in [3.63, 3.8) is 0 Å². The van der Waals surface area contributed by atoms with Crippen molar-refractivity contribution in [1.82, 2.24) is 9.97 Å². The molecule has 0 bridgehead atoms. The number of anilines is 3. The number of nitrogens with one attached hydrogen (secondary N) is 1. The Morgan fingerprint density at radius 1 is 0.850 bits per heavy atom. The predicted octanol–water partition coefficient (Wildman–Crippen LogP) is 3.57. The van der Waals surface area contributed by atoms with Crippen LogP contribution < -0.4 is 11.1 Å². The maximum atomic E-state index is 6.00. The molecule has 3 rings (SSSR count). The maximum absolute atomic E-state index is 6.00. The van der Waals surface area contributed by atoms with Crippen LogP contribution in [0.25, 0.3) is 11.0 Å². The van der Waals surface area contributed by atoms with Gasteiger partial charge in [-0.1, -0.05) is 30.3 Å². The molecule has 3 aromatic rings. The molecule has 0 aliphatic heterocycles. The summed E-state index contributed by atoms with van der Waals surface area (Å²) in [6.45, 7) is 4.11. The smallest absolute Gasteiger partial charge is 0.174 e. The van der Waals surface area contributed by atoms with Crippen LogP contribution in [0.3, 0.4) is 0 Å². The van der Waals surface area contributed by atoms with Crippen LogP contribution in [0.4, 0.5) is 17.3 Å². The van der Waals surface area contributed by atoms with Crippen LogP contribution in [0.2, 0.25) is 0 Å². The van der Waals surface area contributed by atoms with E-state index in [1.165, 1.54) is 0 Å². The number of aromatic nitrogens is 2. The lowest BCUT2D eigenvalue weighted by molar-refractivity contribution is 1.27. The number of fused-ring (bicyclic) bond motifs is 1. The summed E-state index contributed by atoms with van der Waals surface area (Å²) in [7, 11) is 0. The highest BCUT2D eigenvalue weighted by Crippen LogP contribution is 2.26. The second kappa shape index (κ2) is 4.81. The van der Waals surface area contributed by atoms with Gasteiger partial charge in [0.05, 0.1) is 11.0 Å². The summed E-state index contributed by atoms with van der Waals surface area (Å²) in [4.78, 5) is 8.94. The van der Waals surface area contributed by atoms with Crippen molar-refractivity contribution in [1.29, 1.82) is 0 Å². The number of nitrogen functional groups attached to an aromatic ring is 1. The molecule has 0 saturated heterocycles. The first-order valence-corrected chi connectivity index (χ1v) is 6.50. The molecule has 1 heterocycles. The lowest BCUT2D eigenvalue weighted by atomic mass is 10.1. The Hall–Kier alpha value is -2.62. The first kappa shape index (κ1) is 12.4. The van der Waals surface area contributed by atoms with E-state index in [4.69, 9.17) is 5.73 Å². The van der Waals surface area contributed by atoms with Crippen molar-refractivity contribution in [2.45, 2.75) is 13.8 Å². The van der Waals surface area contributed by atoms with Gasteiger partial charge >= 0.3 is 0 Å². The van der Waals surface area contributed by atoms with Crippen LogP contribution in [-0.2, 0) is 0 Å². The lowest BCUT2D eigenvalue weighted by Gasteiger charge is -2.13. The molecular formula is C16H16N4. The summed E-state index contributed by atoms with van der Waals surface area (Å²) in [5.41, 5.74) is 11.0. The molecule has 1 aromatic heterocycles. The fourth-order valence-electron chi connectivity index (χ4n) is 2.24. The van der Waals surface area contributed by atoms with Crippen LogP contribution in [0.1, 0.15) is 11.1 Å². The second-order valence-corrected chi connectivity index (χ2v) is 4.84. The summed E-state index contributed by atoms with van der Waals surface area (Å²) in [5, 5.41) is 3.30. The molecule has 0 aliphatic rings. The molecule has 4 nitrogen and oxygen atoms in total. The van der Waals surface area contributed by atoms with Crippen LogP contribution in [0.15, 0.2) is 42.5 Å². The number of nitrogens with two attached hydrogens (primary N) is 1. The zero-order chi connectivity index (χ0) is 14.1. The molecule has 100 valence electrons. The van der Waals surface area contributed by atoms with Crippen LogP contribution in [0.5, 0.6) is 0 Å². The van der Waals surface area contributed by atoms with E-state index in [0.29, 0.717) is 11.6 Å². The van der Waals surface area contributed by atoms with Gasteiger partial charge in [0.2, 0.25) is 0 Å². The van der Waals surface area contributed by atoms with Gasteiger partial charge in [0.25, 0.3) is 0 Å². The number of hydrogen-bond acceptors (Lipinski definition) is 4.